The highest BCUT2D eigenvalue weighted by Gasteiger charge is 2.36. The molecule has 1 aliphatic heterocycles. The molecule has 2 aromatic carbocycles. The average molecular weight is 511 g/mol. The Labute approximate surface area is 216 Å². The van der Waals surface area contributed by atoms with Crippen LogP contribution in [0.5, 0.6) is 0 Å². The zero-order valence-electron chi connectivity index (χ0n) is 21.1. The van der Waals surface area contributed by atoms with E-state index in [4.69, 9.17) is 4.74 Å². The number of aliphatic hydroxyl groups is 1. The average Bonchev–Trinajstić information content (AvgIpc) is 2.85. The lowest BCUT2D eigenvalue weighted by atomic mass is 10.0. The van der Waals surface area contributed by atoms with E-state index < -0.39 is 30.1 Å². The SMILES string of the molecule is CC(C)OC(=O)C(O)[C@H](Cc1ccccc1)NC(=O)CN1C(=O)C(C(C)C)SC=C1c1ccccc1. The van der Waals surface area contributed by atoms with Crippen molar-refractivity contribution in [2.45, 2.75) is 57.6 Å². The van der Waals surface area contributed by atoms with Gasteiger partial charge in [-0.3, -0.25) is 9.59 Å². The first-order chi connectivity index (χ1) is 17.2. The van der Waals surface area contributed by atoms with Gasteiger partial charge in [0.05, 0.1) is 23.1 Å². The second-order valence-electron chi connectivity index (χ2n) is 9.39. The van der Waals surface area contributed by atoms with E-state index in [0.29, 0.717) is 5.70 Å². The molecule has 8 heteroatoms. The van der Waals surface area contributed by atoms with Crippen LogP contribution in [0.4, 0.5) is 0 Å². The summed E-state index contributed by atoms with van der Waals surface area (Å²) < 4.78 is 5.18. The molecule has 192 valence electrons. The second-order valence-corrected chi connectivity index (χ2v) is 10.4. The molecular formula is C28H34N2O5S. The first kappa shape index (κ1) is 27.5. The Balaban J connectivity index is 1.83. The lowest BCUT2D eigenvalue weighted by Gasteiger charge is -2.34. The van der Waals surface area contributed by atoms with Crippen molar-refractivity contribution in [1.82, 2.24) is 10.2 Å². The minimum absolute atomic E-state index is 0.0834. The lowest BCUT2D eigenvalue weighted by molar-refractivity contribution is -0.159. The van der Waals surface area contributed by atoms with Gasteiger partial charge in [0, 0.05) is 0 Å². The zero-order valence-corrected chi connectivity index (χ0v) is 21.9. The van der Waals surface area contributed by atoms with Gasteiger partial charge in [-0.2, -0.15) is 0 Å². The number of esters is 1. The molecule has 2 N–H and O–H groups in total. The van der Waals surface area contributed by atoms with Gasteiger partial charge in [-0.05, 0) is 42.7 Å². The van der Waals surface area contributed by atoms with Gasteiger partial charge in [0.1, 0.15) is 6.54 Å². The van der Waals surface area contributed by atoms with E-state index in [1.165, 1.54) is 16.7 Å². The molecule has 2 aromatic rings. The Morgan fingerprint density at radius 2 is 1.64 bits per heavy atom. The molecule has 2 unspecified atom stereocenters. The normalized spacial score (nSPS) is 17.5. The maximum absolute atomic E-state index is 13.4. The van der Waals surface area contributed by atoms with Crippen LogP contribution in [0.2, 0.25) is 0 Å². The molecule has 3 rings (SSSR count). The molecule has 3 atom stereocenters. The van der Waals surface area contributed by atoms with E-state index >= 15 is 0 Å². The molecule has 2 amide bonds. The molecule has 0 saturated heterocycles. The monoisotopic (exact) mass is 510 g/mol. The van der Waals surface area contributed by atoms with Crippen LogP contribution in [-0.2, 0) is 25.5 Å². The molecule has 0 spiro atoms. The molecule has 0 aromatic heterocycles. The summed E-state index contributed by atoms with van der Waals surface area (Å²) in [5, 5.41) is 15.2. The Morgan fingerprint density at radius 3 is 2.22 bits per heavy atom. The number of nitrogens with one attached hydrogen (secondary N) is 1. The number of thioether (sulfide) groups is 1. The number of rotatable bonds is 10. The van der Waals surface area contributed by atoms with Crippen molar-refractivity contribution < 1.29 is 24.2 Å². The molecule has 0 saturated carbocycles. The van der Waals surface area contributed by atoms with Gasteiger partial charge in [-0.25, -0.2) is 4.79 Å². The summed E-state index contributed by atoms with van der Waals surface area (Å²) in [6.45, 7) is 7.10. The molecule has 7 nitrogen and oxygen atoms in total. The van der Waals surface area contributed by atoms with Gasteiger partial charge in [0.2, 0.25) is 11.8 Å². The van der Waals surface area contributed by atoms with Gasteiger partial charge in [-0.1, -0.05) is 74.5 Å². The molecule has 0 aliphatic carbocycles. The van der Waals surface area contributed by atoms with E-state index in [9.17, 15) is 19.5 Å². The third kappa shape index (κ3) is 7.21. The van der Waals surface area contributed by atoms with Crippen LogP contribution in [0.25, 0.3) is 5.70 Å². The van der Waals surface area contributed by atoms with E-state index in [1.54, 1.807) is 13.8 Å². The minimum atomic E-state index is -1.56. The fraction of sp³-hybridized carbons (Fsp3) is 0.393. The van der Waals surface area contributed by atoms with Crippen LogP contribution in [0.1, 0.15) is 38.8 Å². The van der Waals surface area contributed by atoms with Gasteiger partial charge in [-0.15, -0.1) is 11.8 Å². The van der Waals surface area contributed by atoms with Crippen LogP contribution in [0.3, 0.4) is 0 Å². The van der Waals surface area contributed by atoms with Gasteiger partial charge >= 0.3 is 5.97 Å². The number of aliphatic hydroxyl groups excluding tert-OH is 1. The summed E-state index contributed by atoms with van der Waals surface area (Å²) in [5.41, 5.74) is 2.32. The van der Waals surface area contributed by atoms with Crippen molar-refractivity contribution in [2.24, 2.45) is 5.92 Å². The van der Waals surface area contributed by atoms with Crippen molar-refractivity contribution in [1.29, 1.82) is 0 Å². The number of carbonyl (C=O) groups excluding carboxylic acids is 3. The number of hydrogen-bond acceptors (Lipinski definition) is 6. The number of ether oxygens (including phenoxy) is 1. The molecule has 0 bridgehead atoms. The van der Waals surface area contributed by atoms with Crippen LogP contribution in [-0.4, -0.2) is 57.8 Å². The molecule has 1 heterocycles. The third-order valence-corrected chi connectivity index (χ3v) is 7.12. The Morgan fingerprint density at radius 1 is 1.03 bits per heavy atom. The predicted octanol–water partition coefficient (Wildman–Crippen LogP) is 3.63. The number of benzene rings is 2. The maximum Gasteiger partial charge on any atom is 0.337 e. The first-order valence-electron chi connectivity index (χ1n) is 12.1. The second kappa shape index (κ2) is 12.7. The molecule has 0 fully saturated rings. The van der Waals surface area contributed by atoms with E-state index in [1.807, 2.05) is 79.9 Å². The van der Waals surface area contributed by atoms with E-state index in [0.717, 1.165) is 11.1 Å². The smallest absolute Gasteiger partial charge is 0.337 e. The van der Waals surface area contributed by atoms with Crippen molar-refractivity contribution in [2.75, 3.05) is 6.54 Å². The van der Waals surface area contributed by atoms with Crippen LogP contribution in [0, 0.1) is 5.92 Å². The molecule has 1 aliphatic rings. The third-order valence-electron chi connectivity index (χ3n) is 5.72. The van der Waals surface area contributed by atoms with E-state index in [-0.39, 0.29) is 30.0 Å². The van der Waals surface area contributed by atoms with Crippen molar-refractivity contribution in [3.05, 3.63) is 77.2 Å². The molecular weight excluding hydrogens is 476 g/mol. The van der Waals surface area contributed by atoms with Crippen LogP contribution < -0.4 is 5.32 Å². The predicted molar refractivity (Wildman–Crippen MR) is 142 cm³/mol. The topological polar surface area (TPSA) is 95.9 Å². The summed E-state index contributed by atoms with van der Waals surface area (Å²) in [4.78, 5) is 40.6. The highest BCUT2D eigenvalue weighted by molar-refractivity contribution is 8.03. The van der Waals surface area contributed by atoms with Gasteiger partial charge < -0.3 is 20.1 Å². The fourth-order valence-corrected chi connectivity index (χ4v) is 5.04. The summed E-state index contributed by atoms with van der Waals surface area (Å²) in [6, 6.07) is 17.8. The fourth-order valence-electron chi connectivity index (χ4n) is 3.94. The highest BCUT2D eigenvalue weighted by Crippen LogP contribution is 2.35. The van der Waals surface area contributed by atoms with Gasteiger partial charge in [0.15, 0.2) is 6.10 Å². The summed E-state index contributed by atoms with van der Waals surface area (Å²) >= 11 is 1.46. The first-order valence-corrected chi connectivity index (χ1v) is 13.1. The van der Waals surface area contributed by atoms with Crippen molar-refractivity contribution in [3.8, 4) is 0 Å². The summed E-state index contributed by atoms with van der Waals surface area (Å²) in [5.74, 6) is -1.34. The molecule has 36 heavy (non-hydrogen) atoms. The number of hydrogen-bond donors (Lipinski definition) is 2. The maximum atomic E-state index is 13.4. The van der Waals surface area contributed by atoms with Crippen molar-refractivity contribution in [3.63, 3.8) is 0 Å². The number of carbonyl (C=O) groups is 3. The van der Waals surface area contributed by atoms with Crippen molar-refractivity contribution >= 4 is 35.2 Å². The zero-order chi connectivity index (χ0) is 26.2. The minimum Gasteiger partial charge on any atom is -0.461 e. The Bertz CT molecular complexity index is 1070. The Kier molecular flexibility index (Phi) is 9.73. The number of nitrogens with zero attached hydrogens (tertiary/aromatic N) is 1. The Hall–Kier alpha value is -3.10. The standard InChI is InChI=1S/C28H34N2O5S/c1-18(2)26-27(33)30(23(17-36-26)21-13-9-6-10-14-21)16-24(31)29-22(15-20-11-7-5-8-12-20)25(32)28(34)35-19(3)4/h5-14,17-19,22,25-26,32H,15-16H2,1-4H3,(H,29,31)/t22-,25?,26?/m0/s1. The summed E-state index contributed by atoms with van der Waals surface area (Å²) in [7, 11) is 0. The van der Waals surface area contributed by atoms with Crippen LogP contribution in [0.15, 0.2) is 66.1 Å². The largest absolute Gasteiger partial charge is 0.461 e. The highest BCUT2D eigenvalue weighted by atomic mass is 32.2. The number of amides is 2. The summed E-state index contributed by atoms with van der Waals surface area (Å²) in [6.07, 6.45) is -1.74. The molecule has 0 radical (unpaired) electrons. The van der Waals surface area contributed by atoms with Gasteiger partial charge in [0.25, 0.3) is 0 Å². The van der Waals surface area contributed by atoms with E-state index in [2.05, 4.69) is 5.32 Å². The quantitative estimate of drug-likeness (QED) is 0.474. The van der Waals surface area contributed by atoms with Crippen LogP contribution >= 0.6 is 11.8 Å². The lowest BCUT2D eigenvalue weighted by Crippen LogP contribution is -2.53.